The second-order valence-corrected chi connectivity index (χ2v) is 23.4. The highest BCUT2D eigenvalue weighted by Crippen LogP contribution is 2.43. The van der Waals surface area contributed by atoms with Gasteiger partial charge in [-0.05, 0) is 152 Å². The van der Waals surface area contributed by atoms with Gasteiger partial charge in [-0.3, -0.25) is 0 Å². The minimum atomic E-state index is -0.733. The van der Waals surface area contributed by atoms with Gasteiger partial charge in [0.05, 0.1) is 26.4 Å². The molecule has 1 aliphatic carbocycles. The lowest BCUT2D eigenvalue weighted by Crippen LogP contribution is -2.22. The molecule has 0 atom stereocenters. The van der Waals surface area contributed by atoms with Crippen LogP contribution in [0.25, 0.3) is 0 Å². The average molecular weight is 1360 g/mol. The van der Waals surface area contributed by atoms with Gasteiger partial charge in [0, 0.05) is 116 Å². The number of amides is 8. The summed E-state index contributed by atoms with van der Waals surface area (Å²) in [7, 11) is 0. The van der Waals surface area contributed by atoms with E-state index in [1.165, 1.54) is 0 Å². The second kappa shape index (κ2) is 34.7. The lowest BCUT2D eigenvalue weighted by molar-refractivity contribution is -0.146. The van der Waals surface area contributed by atoms with Gasteiger partial charge in [-0.15, -0.1) is 0 Å². The van der Waals surface area contributed by atoms with Gasteiger partial charge in [-0.25, -0.2) is 38.4 Å². The number of benzene rings is 8. The Morgan fingerprint density at radius 1 is 0.260 bits per heavy atom. The van der Waals surface area contributed by atoms with Crippen molar-refractivity contribution in [2.24, 2.45) is 0 Å². The lowest BCUT2D eigenvalue weighted by Gasteiger charge is -2.25. The Kier molecular flexibility index (Phi) is 25.1. The molecule has 8 N–H and O–H groups in total. The Labute approximate surface area is 579 Å². The largest absolute Gasteiger partial charge is 0.481 e. The number of anilines is 8. The summed E-state index contributed by atoms with van der Waals surface area (Å²) in [5.74, 6) is -2.58. The third-order valence-electron chi connectivity index (χ3n) is 15.3. The molecule has 24 nitrogen and oxygen atoms in total. The van der Waals surface area contributed by atoms with Crippen molar-refractivity contribution >= 4 is 93.5 Å². The van der Waals surface area contributed by atoms with Gasteiger partial charge < -0.3 is 80.4 Å². The number of esters is 4. The van der Waals surface area contributed by atoms with Crippen LogP contribution >= 0.6 is 0 Å². The Balaban J connectivity index is 1.36. The summed E-state index contributed by atoms with van der Waals surface area (Å²) in [6.45, 7) is 11.8. The highest BCUT2D eigenvalue weighted by atomic mass is 16.6. The number of aryl methyl sites for hydroxylation is 4. The van der Waals surface area contributed by atoms with Crippen LogP contribution in [0.2, 0.25) is 0 Å². The van der Waals surface area contributed by atoms with E-state index in [4.69, 9.17) is 37.9 Å². The van der Waals surface area contributed by atoms with Crippen molar-refractivity contribution < 1.29 is 76.3 Å². The van der Waals surface area contributed by atoms with Gasteiger partial charge in [0.15, 0.2) is 26.4 Å². The monoisotopic (exact) mass is 1360 g/mol. The number of rotatable bonds is 24. The molecule has 0 saturated heterocycles. The van der Waals surface area contributed by atoms with E-state index in [9.17, 15) is 38.4 Å². The van der Waals surface area contributed by atoms with Crippen LogP contribution in [0.5, 0.6) is 23.0 Å². The molecule has 0 spiro atoms. The number of urea groups is 4. The maximum Gasteiger partial charge on any atom is 0.344 e. The molecule has 9 rings (SSSR count). The first kappa shape index (κ1) is 72.2. The molecule has 8 aromatic rings. The third kappa shape index (κ3) is 21.0. The summed E-state index contributed by atoms with van der Waals surface area (Å²) in [5, 5.41) is 23.4. The lowest BCUT2D eigenvalue weighted by atomic mass is 9.90. The molecule has 0 aliphatic heterocycles. The van der Waals surface area contributed by atoms with E-state index in [2.05, 4.69) is 42.5 Å². The Morgan fingerprint density at radius 2 is 0.420 bits per heavy atom. The van der Waals surface area contributed by atoms with E-state index in [1.54, 1.807) is 125 Å². The van der Waals surface area contributed by atoms with Crippen LogP contribution < -0.4 is 61.5 Å². The van der Waals surface area contributed by atoms with E-state index in [0.717, 1.165) is 22.3 Å². The zero-order chi connectivity index (χ0) is 71.2. The first-order valence-electron chi connectivity index (χ1n) is 32.6. The van der Waals surface area contributed by atoms with Crippen molar-refractivity contribution in [2.45, 2.75) is 81.1 Å². The molecular weight excluding hydrogens is 1280 g/mol. The van der Waals surface area contributed by atoms with Crippen LogP contribution in [-0.2, 0) is 63.8 Å². The molecule has 1 aliphatic rings. The quantitative estimate of drug-likeness (QED) is 0.0206. The van der Waals surface area contributed by atoms with E-state index in [0.29, 0.717) is 67.3 Å². The molecule has 0 unspecified atom stereocenters. The number of carbonyl (C=O) groups excluding carboxylic acids is 8. The zero-order valence-corrected chi connectivity index (χ0v) is 56.9. The second-order valence-electron chi connectivity index (χ2n) is 23.4. The Hall–Kier alpha value is -12.1. The van der Waals surface area contributed by atoms with Crippen LogP contribution in [0.1, 0.15) is 94.5 Å². The normalized spacial score (nSPS) is 11.3. The molecule has 0 heterocycles. The zero-order valence-electron chi connectivity index (χ0n) is 56.9. The number of ether oxygens (including phenoxy) is 8. The summed E-state index contributed by atoms with van der Waals surface area (Å²) in [4.78, 5) is 111. The predicted molar refractivity (Wildman–Crippen MR) is 381 cm³/mol. The molecular formula is C76H80N8O16. The number of hydrogen-bond acceptors (Lipinski definition) is 16. The van der Waals surface area contributed by atoms with Crippen molar-refractivity contribution in [2.75, 3.05) is 95.4 Å². The van der Waals surface area contributed by atoms with Crippen molar-refractivity contribution in [3.05, 3.63) is 212 Å². The van der Waals surface area contributed by atoms with E-state index >= 15 is 0 Å². The fourth-order valence-corrected chi connectivity index (χ4v) is 11.0. The highest BCUT2D eigenvalue weighted by Gasteiger charge is 2.28. The fourth-order valence-electron chi connectivity index (χ4n) is 11.0. The molecule has 8 aromatic carbocycles. The van der Waals surface area contributed by atoms with Crippen molar-refractivity contribution in [3.8, 4) is 23.0 Å². The van der Waals surface area contributed by atoms with Crippen LogP contribution in [0.15, 0.2) is 146 Å². The number of fused-ring (bicyclic) bond motifs is 8. The maximum absolute atomic E-state index is 14.3. The van der Waals surface area contributed by atoms with E-state index < -0.39 is 74.4 Å². The molecule has 8 bridgehead atoms. The summed E-state index contributed by atoms with van der Waals surface area (Å²) in [6, 6.07) is 39.1. The first-order valence-corrected chi connectivity index (χ1v) is 32.6. The maximum atomic E-state index is 14.3. The molecule has 100 heavy (non-hydrogen) atoms. The predicted octanol–water partition coefficient (Wildman–Crippen LogP) is 13.9. The van der Waals surface area contributed by atoms with Crippen molar-refractivity contribution in [3.63, 3.8) is 0 Å². The minimum absolute atomic E-state index is 0.0130. The molecule has 520 valence electrons. The van der Waals surface area contributed by atoms with E-state index in [-0.39, 0.29) is 97.9 Å². The summed E-state index contributed by atoms with van der Waals surface area (Å²) >= 11 is 0. The average Bonchev–Trinajstić information content (AvgIpc) is 0.772. The smallest absolute Gasteiger partial charge is 0.344 e. The van der Waals surface area contributed by atoms with Gasteiger partial charge in [0.25, 0.3) is 0 Å². The molecule has 8 amide bonds. The Morgan fingerprint density at radius 3 is 0.580 bits per heavy atom. The number of carbonyl (C=O) groups is 8. The first-order chi connectivity index (χ1) is 48.2. The van der Waals surface area contributed by atoms with Crippen LogP contribution in [0, 0.1) is 27.7 Å². The topological polar surface area (TPSA) is 307 Å². The van der Waals surface area contributed by atoms with Crippen molar-refractivity contribution in [1.29, 1.82) is 0 Å². The fraction of sp³-hybridized carbons (Fsp3) is 0.263. The van der Waals surface area contributed by atoms with Crippen LogP contribution in [0.3, 0.4) is 0 Å². The SMILES string of the molecule is CCOC(=O)COc1c2cc(NC(=O)Nc3ccc(C)cc3)cc1Cc1cc(NC(=O)Nc3ccc(C)cc3)cc(c1OCC(=O)OCC)Cc1cc(NC(=O)Nc3ccc(C)cc3)cc(c1OCC(=O)OCC)Cc1cc(NC(=O)Nc3ccc(C)cc3)cc(c1OCC(=O)OCC)C2. The number of nitrogens with one attached hydrogen (secondary N) is 8. The Bertz CT molecular complexity index is 3650. The van der Waals surface area contributed by atoms with Crippen LogP contribution in [-0.4, -0.2) is 101 Å². The summed E-state index contributed by atoms with van der Waals surface area (Å²) < 4.78 is 48.2. The molecule has 0 fully saturated rings. The molecule has 24 heteroatoms. The van der Waals surface area contributed by atoms with Gasteiger partial charge >= 0.3 is 48.0 Å². The minimum Gasteiger partial charge on any atom is -0.481 e. The van der Waals surface area contributed by atoms with Crippen LogP contribution in [0.4, 0.5) is 64.7 Å². The summed E-state index contributed by atoms with van der Waals surface area (Å²) in [6.07, 6.45) is -0.901. The molecule has 0 radical (unpaired) electrons. The van der Waals surface area contributed by atoms with Gasteiger partial charge in [0.2, 0.25) is 0 Å². The number of hydrogen-bond donors (Lipinski definition) is 8. The van der Waals surface area contributed by atoms with E-state index in [1.807, 2.05) is 76.2 Å². The van der Waals surface area contributed by atoms with Crippen molar-refractivity contribution in [1.82, 2.24) is 0 Å². The van der Waals surface area contributed by atoms with Gasteiger partial charge in [0.1, 0.15) is 23.0 Å². The highest BCUT2D eigenvalue weighted by molar-refractivity contribution is 6.02. The molecule has 0 aromatic heterocycles. The van der Waals surface area contributed by atoms with Gasteiger partial charge in [-0.1, -0.05) is 70.8 Å². The molecule has 0 saturated carbocycles. The standard InChI is InChI=1S/C76H80N8O16/c1-9-93-65(85)41-97-69-49-29-51-35-62(82-74(90)78-58-23-15-46(6)16-24-58)37-53(70(51)98-42-66(86)94-10-2)31-55-39-64(84-76(92)80-60-27-19-48(8)20-28-60)40-56(72(55)100-44-68(88)96-12-4)32-54-38-63(83-75(91)79-59-25-17-47(7)18-26-59)36-52(71(54)99-43-67(87)95-11-3)30-50(69)34-61(33-49)81-73(89)77-57-21-13-45(5)14-22-57/h13-28,33-40H,9-12,29-32,41-44H2,1-8H3,(H2,77,81,89)(H2,78,82,90)(H2,79,83,91)(H2,80,84,92). The van der Waals surface area contributed by atoms with Gasteiger partial charge in [-0.2, -0.15) is 0 Å². The third-order valence-corrected chi connectivity index (χ3v) is 15.3. The summed E-state index contributed by atoms with van der Waals surface area (Å²) in [5.41, 5.74) is 8.88.